The van der Waals surface area contributed by atoms with Crippen molar-refractivity contribution in [2.45, 2.75) is 113 Å². The fourth-order valence-electron chi connectivity index (χ4n) is 7.36. The van der Waals surface area contributed by atoms with Crippen LogP contribution in [0.25, 0.3) is 0 Å². The number of alkyl carbamates (subject to hydrolysis) is 1. The molecule has 14 nitrogen and oxygen atoms in total. The van der Waals surface area contributed by atoms with E-state index in [0.717, 1.165) is 24.0 Å². The highest BCUT2D eigenvalue weighted by Gasteiger charge is 2.61. The Morgan fingerprint density at radius 3 is 2.43 bits per heavy atom. The maximum atomic E-state index is 14.4. The van der Waals surface area contributed by atoms with Gasteiger partial charge in [-0.05, 0) is 76.1 Å². The Morgan fingerprint density at radius 1 is 0.963 bits per heavy atom. The van der Waals surface area contributed by atoms with Crippen molar-refractivity contribution in [2.24, 2.45) is 5.92 Å². The standard InChI is InChI=1S/C39H49N5O9S/c1-38(2,3)53-36(48)40-31-19-11-6-4-5-8-16-28-23-39(28,35(47)42-54(50,51)30-17-9-7-10-18-30)41-33(45)32-22-29(25-44(32)34(31)46)52-37(49)43-21-20-26-14-12-13-15-27(26)24-43/h7-10,12-18,28-29,31-32H,4-6,11,19-25H2,1-3H3,(H,40,48)(H,41,45)(H,42,47)/b16-8-/t28-,29-,31+,32+,39-/m1/s1. The summed E-state index contributed by atoms with van der Waals surface area (Å²) in [6.45, 7) is 5.79. The number of ether oxygens (including phenoxy) is 2. The van der Waals surface area contributed by atoms with Crippen molar-refractivity contribution >= 4 is 39.9 Å². The maximum absolute atomic E-state index is 14.4. The Hall–Kier alpha value is -4.92. The van der Waals surface area contributed by atoms with Crippen LogP contribution in [0.3, 0.4) is 0 Å². The first-order valence-corrected chi connectivity index (χ1v) is 20.1. The highest BCUT2D eigenvalue weighted by atomic mass is 32.2. The minimum absolute atomic E-state index is 0.0760. The Balaban J connectivity index is 1.26. The van der Waals surface area contributed by atoms with Gasteiger partial charge in [-0.2, -0.15) is 0 Å². The molecule has 5 amide bonds. The van der Waals surface area contributed by atoms with Crippen LogP contribution in [0.2, 0.25) is 0 Å². The summed E-state index contributed by atoms with van der Waals surface area (Å²) in [6, 6.07) is 13.0. The first-order valence-electron chi connectivity index (χ1n) is 18.6. The van der Waals surface area contributed by atoms with Crippen molar-refractivity contribution in [3.63, 3.8) is 0 Å². The SMILES string of the molecule is CC(C)(C)OC(=O)N[C@H]1CCCCC/C=C\[C@@H]2C[C@@]2(C(=O)NS(=O)(=O)c2ccccc2)NC(=O)[C@@H]2C[C@@H](OC(=O)N3CCc4ccccc4C3)CN2C1=O. The van der Waals surface area contributed by atoms with Crippen LogP contribution in [0.15, 0.2) is 71.6 Å². The van der Waals surface area contributed by atoms with Gasteiger partial charge in [-0.15, -0.1) is 0 Å². The van der Waals surface area contributed by atoms with Crippen LogP contribution in [0.1, 0.15) is 76.8 Å². The molecule has 54 heavy (non-hydrogen) atoms. The predicted octanol–water partition coefficient (Wildman–Crippen LogP) is 3.94. The van der Waals surface area contributed by atoms with Crippen LogP contribution < -0.4 is 15.4 Å². The molecule has 1 aliphatic carbocycles. The molecule has 1 saturated heterocycles. The highest BCUT2D eigenvalue weighted by Crippen LogP contribution is 2.46. The summed E-state index contributed by atoms with van der Waals surface area (Å²) in [4.78, 5) is 71.8. The molecule has 0 aromatic heterocycles. The quantitative estimate of drug-likeness (QED) is 0.380. The van der Waals surface area contributed by atoms with E-state index in [1.807, 2.05) is 36.4 Å². The summed E-state index contributed by atoms with van der Waals surface area (Å²) in [5.74, 6) is -2.66. The summed E-state index contributed by atoms with van der Waals surface area (Å²) in [5, 5.41) is 5.52. The second-order valence-electron chi connectivity index (χ2n) is 15.5. The monoisotopic (exact) mass is 763 g/mol. The molecule has 2 aromatic carbocycles. The van der Waals surface area contributed by atoms with E-state index >= 15 is 0 Å². The van der Waals surface area contributed by atoms with Gasteiger partial charge in [0.1, 0.15) is 29.3 Å². The second kappa shape index (κ2) is 15.8. The number of sulfonamides is 1. The lowest BCUT2D eigenvalue weighted by Gasteiger charge is -2.30. The molecule has 0 spiro atoms. The number of hydrogen-bond acceptors (Lipinski definition) is 9. The molecule has 6 rings (SSSR count). The number of amides is 5. The molecular weight excluding hydrogens is 715 g/mol. The Labute approximate surface area is 316 Å². The molecule has 5 atom stereocenters. The number of nitrogens with zero attached hydrogens (tertiary/aromatic N) is 2. The lowest BCUT2D eigenvalue weighted by atomic mass is 10.0. The molecule has 0 bridgehead atoms. The normalized spacial score (nSPS) is 26.7. The van der Waals surface area contributed by atoms with E-state index in [4.69, 9.17) is 9.47 Å². The van der Waals surface area contributed by atoms with E-state index < -0.39 is 75.2 Å². The molecule has 1 saturated carbocycles. The van der Waals surface area contributed by atoms with E-state index in [1.165, 1.54) is 29.2 Å². The summed E-state index contributed by atoms with van der Waals surface area (Å²) in [5.41, 5.74) is -0.264. The number of rotatable bonds is 5. The van der Waals surface area contributed by atoms with E-state index in [-0.39, 0.29) is 30.7 Å². The summed E-state index contributed by atoms with van der Waals surface area (Å²) in [7, 11) is -4.27. The largest absolute Gasteiger partial charge is 0.444 e. The first-order chi connectivity index (χ1) is 25.6. The highest BCUT2D eigenvalue weighted by molar-refractivity contribution is 7.90. The third-order valence-corrected chi connectivity index (χ3v) is 11.6. The lowest BCUT2D eigenvalue weighted by molar-refractivity contribution is -0.141. The van der Waals surface area contributed by atoms with Crippen LogP contribution in [0.5, 0.6) is 0 Å². The zero-order valence-electron chi connectivity index (χ0n) is 30.9. The van der Waals surface area contributed by atoms with Crippen molar-refractivity contribution in [3.8, 4) is 0 Å². The summed E-state index contributed by atoms with van der Waals surface area (Å²) < 4.78 is 39.9. The average molecular weight is 764 g/mol. The van der Waals surface area contributed by atoms with Gasteiger partial charge in [0.05, 0.1) is 11.4 Å². The number of fused-ring (bicyclic) bond motifs is 3. The minimum Gasteiger partial charge on any atom is -0.444 e. The zero-order chi connectivity index (χ0) is 38.7. The average Bonchev–Trinajstić information content (AvgIpc) is 3.66. The van der Waals surface area contributed by atoms with E-state index in [1.54, 1.807) is 31.7 Å². The van der Waals surface area contributed by atoms with Gasteiger partial charge in [0.15, 0.2) is 0 Å². The van der Waals surface area contributed by atoms with E-state index in [0.29, 0.717) is 32.4 Å². The van der Waals surface area contributed by atoms with Gasteiger partial charge in [0.2, 0.25) is 11.8 Å². The third kappa shape index (κ3) is 9.05. The van der Waals surface area contributed by atoms with Crippen molar-refractivity contribution in [3.05, 3.63) is 77.9 Å². The number of benzene rings is 2. The van der Waals surface area contributed by atoms with Crippen molar-refractivity contribution in [1.82, 2.24) is 25.2 Å². The zero-order valence-corrected chi connectivity index (χ0v) is 31.7. The molecule has 0 unspecified atom stereocenters. The van der Waals surface area contributed by atoms with Crippen LogP contribution in [-0.4, -0.2) is 90.5 Å². The molecule has 3 N–H and O–H groups in total. The van der Waals surface area contributed by atoms with Gasteiger partial charge in [-0.1, -0.05) is 67.5 Å². The predicted molar refractivity (Wildman–Crippen MR) is 197 cm³/mol. The smallest absolute Gasteiger partial charge is 0.410 e. The van der Waals surface area contributed by atoms with Gasteiger partial charge in [0.25, 0.3) is 15.9 Å². The van der Waals surface area contributed by atoms with E-state index in [2.05, 4.69) is 15.4 Å². The van der Waals surface area contributed by atoms with Crippen molar-refractivity contribution < 1.29 is 41.9 Å². The molecule has 15 heteroatoms. The molecule has 3 aliphatic heterocycles. The minimum atomic E-state index is -4.27. The molecule has 4 aliphatic rings. The summed E-state index contributed by atoms with van der Waals surface area (Å²) in [6.07, 6.45) is 5.22. The van der Waals surface area contributed by atoms with Gasteiger partial charge >= 0.3 is 12.2 Å². The van der Waals surface area contributed by atoms with Crippen LogP contribution >= 0.6 is 0 Å². The number of carbonyl (C=O) groups is 5. The molecule has 2 aromatic rings. The molecular formula is C39H49N5O9S. The van der Waals surface area contributed by atoms with Crippen LogP contribution in [0.4, 0.5) is 9.59 Å². The van der Waals surface area contributed by atoms with Crippen molar-refractivity contribution in [2.75, 3.05) is 13.1 Å². The Bertz CT molecular complexity index is 1900. The fourth-order valence-corrected chi connectivity index (χ4v) is 8.42. The van der Waals surface area contributed by atoms with Gasteiger partial charge in [-0.25, -0.2) is 22.7 Å². The molecule has 290 valence electrons. The van der Waals surface area contributed by atoms with E-state index in [9.17, 15) is 32.4 Å². The number of carbonyl (C=O) groups excluding carboxylic acids is 5. The van der Waals surface area contributed by atoms with Crippen LogP contribution in [-0.2, 0) is 46.8 Å². The number of allylic oxidation sites excluding steroid dienone is 1. The Kier molecular flexibility index (Phi) is 11.4. The molecule has 0 radical (unpaired) electrons. The third-order valence-electron chi connectivity index (χ3n) is 10.3. The van der Waals surface area contributed by atoms with Crippen LogP contribution in [0, 0.1) is 5.92 Å². The summed E-state index contributed by atoms with van der Waals surface area (Å²) >= 11 is 0. The second-order valence-corrected chi connectivity index (χ2v) is 17.2. The Morgan fingerprint density at radius 2 is 1.69 bits per heavy atom. The lowest BCUT2D eigenvalue weighted by Crippen LogP contribution is -2.58. The molecule has 2 fully saturated rings. The molecule has 3 heterocycles. The van der Waals surface area contributed by atoms with Gasteiger partial charge in [0, 0.05) is 25.4 Å². The topological polar surface area (TPSA) is 181 Å². The van der Waals surface area contributed by atoms with Crippen molar-refractivity contribution in [1.29, 1.82) is 0 Å². The fraction of sp³-hybridized carbons (Fsp3) is 0.513. The maximum Gasteiger partial charge on any atom is 0.410 e. The first kappa shape index (κ1) is 38.8. The van der Waals surface area contributed by atoms with Gasteiger partial charge < -0.3 is 29.9 Å². The van der Waals surface area contributed by atoms with Gasteiger partial charge in [-0.3, -0.25) is 14.4 Å². The number of hydrogen-bond donors (Lipinski definition) is 3. The number of nitrogens with one attached hydrogen (secondary N) is 3.